The molecule has 0 saturated heterocycles. The molecule has 0 spiro atoms. The summed E-state index contributed by atoms with van der Waals surface area (Å²) in [6.07, 6.45) is 0.964. The van der Waals surface area contributed by atoms with Gasteiger partial charge in [0.05, 0.1) is 6.04 Å². The first-order chi connectivity index (χ1) is 7.95. The summed E-state index contributed by atoms with van der Waals surface area (Å²) >= 11 is 0. The Morgan fingerprint density at radius 3 is 2.50 bits per heavy atom. The second kappa shape index (κ2) is 7.39. The van der Waals surface area contributed by atoms with E-state index in [1.807, 2.05) is 32.0 Å². The molecule has 0 fully saturated rings. The average Bonchev–Trinajstić information content (AvgIpc) is 2.30. The summed E-state index contributed by atoms with van der Waals surface area (Å²) in [7, 11) is 0. The summed E-state index contributed by atoms with van der Waals surface area (Å²) < 4.78 is 0. The molecule has 0 aliphatic rings. The number of nitrogens with two attached hydrogens (primary N) is 1. The number of amides is 1. The highest BCUT2D eigenvalue weighted by atomic mass is 35.5. The van der Waals surface area contributed by atoms with Crippen LogP contribution < -0.4 is 11.1 Å². The fraction of sp³-hybridized carbons (Fsp3) is 0.500. The van der Waals surface area contributed by atoms with E-state index >= 15 is 0 Å². The lowest BCUT2D eigenvalue weighted by atomic mass is 10.0. The van der Waals surface area contributed by atoms with Crippen LogP contribution in [0.5, 0.6) is 0 Å². The van der Waals surface area contributed by atoms with Crippen molar-refractivity contribution in [3.05, 3.63) is 29.3 Å². The molecule has 0 aliphatic heterocycles. The van der Waals surface area contributed by atoms with Crippen molar-refractivity contribution in [2.24, 2.45) is 11.7 Å². The second-order valence-corrected chi connectivity index (χ2v) is 4.75. The van der Waals surface area contributed by atoms with Crippen molar-refractivity contribution in [2.45, 2.75) is 40.2 Å². The van der Waals surface area contributed by atoms with Gasteiger partial charge in [0, 0.05) is 5.69 Å². The molecular weight excluding hydrogens is 248 g/mol. The van der Waals surface area contributed by atoms with Crippen molar-refractivity contribution < 1.29 is 4.79 Å². The van der Waals surface area contributed by atoms with Gasteiger partial charge >= 0.3 is 0 Å². The summed E-state index contributed by atoms with van der Waals surface area (Å²) in [5.74, 6) is 0.0250. The molecule has 3 nitrogen and oxygen atoms in total. The third kappa shape index (κ3) is 4.31. The SMILES string of the molecule is CCc1cc(NC(=O)[C@H](N)C(C)C)ccc1C.Cl. The predicted octanol–water partition coefficient (Wildman–Crippen LogP) is 2.90. The van der Waals surface area contributed by atoms with E-state index < -0.39 is 6.04 Å². The number of carbonyl (C=O) groups excluding carboxylic acids is 1. The molecule has 0 bridgehead atoms. The van der Waals surface area contributed by atoms with Gasteiger partial charge in [-0.2, -0.15) is 0 Å². The van der Waals surface area contributed by atoms with E-state index in [9.17, 15) is 4.79 Å². The molecule has 0 heterocycles. The van der Waals surface area contributed by atoms with Crippen molar-refractivity contribution in [2.75, 3.05) is 5.32 Å². The minimum atomic E-state index is -0.457. The van der Waals surface area contributed by atoms with E-state index in [4.69, 9.17) is 5.73 Å². The standard InChI is InChI=1S/C14H22N2O.ClH/c1-5-11-8-12(7-6-10(11)4)16-14(17)13(15)9(2)3;/h6-9,13H,5,15H2,1-4H3,(H,16,17);1H/t13-;/m1./s1. The zero-order valence-corrected chi connectivity index (χ0v) is 12.3. The van der Waals surface area contributed by atoms with Crippen molar-refractivity contribution in [1.82, 2.24) is 0 Å². The minimum absolute atomic E-state index is 0. The summed E-state index contributed by atoms with van der Waals surface area (Å²) in [5, 5.41) is 2.86. The lowest BCUT2D eigenvalue weighted by Gasteiger charge is -2.16. The number of rotatable bonds is 4. The highest BCUT2D eigenvalue weighted by molar-refractivity contribution is 5.94. The molecule has 102 valence electrons. The van der Waals surface area contributed by atoms with Crippen LogP contribution in [-0.2, 0) is 11.2 Å². The molecule has 4 heteroatoms. The van der Waals surface area contributed by atoms with E-state index in [0.29, 0.717) is 0 Å². The highest BCUT2D eigenvalue weighted by Gasteiger charge is 2.17. The van der Waals surface area contributed by atoms with Crippen LogP contribution >= 0.6 is 12.4 Å². The molecule has 3 N–H and O–H groups in total. The van der Waals surface area contributed by atoms with Gasteiger partial charge in [-0.3, -0.25) is 4.79 Å². The Hall–Kier alpha value is -1.06. The molecule has 1 amide bonds. The molecule has 0 unspecified atom stereocenters. The Kier molecular flexibility index (Phi) is 6.96. The third-order valence-corrected chi connectivity index (χ3v) is 3.02. The molecule has 0 aliphatic carbocycles. The number of hydrogen-bond donors (Lipinski definition) is 2. The number of anilines is 1. The zero-order valence-electron chi connectivity index (χ0n) is 11.5. The van der Waals surface area contributed by atoms with Gasteiger partial charge in [-0.05, 0) is 42.5 Å². The maximum absolute atomic E-state index is 11.8. The molecule has 1 aromatic rings. The van der Waals surface area contributed by atoms with E-state index in [-0.39, 0.29) is 24.2 Å². The molecular formula is C14H23ClN2O. The number of aryl methyl sites for hydroxylation is 2. The first-order valence-corrected chi connectivity index (χ1v) is 6.11. The molecule has 18 heavy (non-hydrogen) atoms. The van der Waals surface area contributed by atoms with Gasteiger partial charge in [0.2, 0.25) is 5.91 Å². The van der Waals surface area contributed by atoms with Crippen LogP contribution in [0, 0.1) is 12.8 Å². The Balaban J connectivity index is 0.00000289. The van der Waals surface area contributed by atoms with Gasteiger partial charge in [0.25, 0.3) is 0 Å². The van der Waals surface area contributed by atoms with Crippen LogP contribution in [0.25, 0.3) is 0 Å². The summed E-state index contributed by atoms with van der Waals surface area (Å²) in [4.78, 5) is 11.8. The predicted molar refractivity (Wildman–Crippen MR) is 79.2 cm³/mol. The van der Waals surface area contributed by atoms with Crippen LogP contribution in [0.4, 0.5) is 5.69 Å². The summed E-state index contributed by atoms with van der Waals surface area (Å²) in [6.45, 7) is 8.06. The van der Waals surface area contributed by atoms with Crippen molar-refractivity contribution in [3.8, 4) is 0 Å². The number of hydrogen-bond acceptors (Lipinski definition) is 2. The number of carbonyl (C=O) groups is 1. The fourth-order valence-corrected chi connectivity index (χ4v) is 1.66. The van der Waals surface area contributed by atoms with Gasteiger partial charge in [-0.25, -0.2) is 0 Å². The highest BCUT2D eigenvalue weighted by Crippen LogP contribution is 2.16. The van der Waals surface area contributed by atoms with Crippen LogP contribution in [0.3, 0.4) is 0 Å². The molecule has 1 atom stereocenters. The van der Waals surface area contributed by atoms with Crippen LogP contribution in [0.1, 0.15) is 31.9 Å². The van der Waals surface area contributed by atoms with Crippen LogP contribution in [0.2, 0.25) is 0 Å². The molecule has 0 radical (unpaired) electrons. The lowest BCUT2D eigenvalue weighted by Crippen LogP contribution is -2.39. The fourth-order valence-electron chi connectivity index (χ4n) is 1.66. The first kappa shape index (κ1) is 16.9. The molecule has 0 aromatic heterocycles. The monoisotopic (exact) mass is 270 g/mol. The van der Waals surface area contributed by atoms with Crippen LogP contribution in [-0.4, -0.2) is 11.9 Å². The van der Waals surface area contributed by atoms with Gasteiger partial charge in [0.1, 0.15) is 0 Å². The zero-order chi connectivity index (χ0) is 13.0. The molecule has 1 rings (SSSR count). The summed E-state index contributed by atoms with van der Waals surface area (Å²) in [5.41, 5.74) is 9.12. The van der Waals surface area contributed by atoms with Crippen molar-refractivity contribution >= 4 is 24.0 Å². The Labute approximate surface area is 116 Å². The number of nitrogens with one attached hydrogen (secondary N) is 1. The number of halogens is 1. The van der Waals surface area contributed by atoms with Crippen molar-refractivity contribution in [3.63, 3.8) is 0 Å². The van der Waals surface area contributed by atoms with E-state index in [1.165, 1.54) is 11.1 Å². The molecule has 1 aromatic carbocycles. The second-order valence-electron chi connectivity index (χ2n) is 4.75. The topological polar surface area (TPSA) is 55.1 Å². The van der Waals surface area contributed by atoms with E-state index in [1.54, 1.807) is 0 Å². The Bertz CT molecular complexity index is 405. The maximum atomic E-state index is 11.8. The minimum Gasteiger partial charge on any atom is -0.325 e. The average molecular weight is 271 g/mol. The smallest absolute Gasteiger partial charge is 0.241 e. The van der Waals surface area contributed by atoms with Gasteiger partial charge in [-0.1, -0.05) is 26.8 Å². The first-order valence-electron chi connectivity index (χ1n) is 6.11. The Morgan fingerprint density at radius 1 is 1.39 bits per heavy atom. The third-order valence-electron chi connectivity index (χ3n) is 3.02. The van der Waals surface area contributed by atoms with Crippen LogP contribution in [0.15, 0.2) is 18.2 Å². The van der Waals surface area contributed by atoms with Gasteiger partial charge in [0.15, 0.2) is 0 Å². The van der Waals surface area contributed by atoms with Gasteiger partial charge < -0.3 is 11.1 Å². The Morgan fingerprint density at radius 2 is 2.00 bits per heavy atom. The van der Waals surface area contributed by atoms with Gasteiger partial charge in [-0.15, -0.1) is 12.4 Å². The van der Waals surface area contributed by atoms with Crippen molar-refractivity contribution in [1.29, 1.82) is 0 Å². The normalized spacial score (nSPS) is 11.9. The lowest BCUT2D eigenvalue weighted by molar-refractivity contribution is -0.118. The summed E-state index contributed by atoms with van der Waals surface area (Å²) in [6, 6.07) is 5.50. The largest absolute Gasteiger partial charge is 0.325 e. The quantitative estimate of drug-likeness (QED) is 0.884. The number of benzene rings is 1. The van der Waals surface area contributed by atoms with E-state index in [0.717, 1.165) is 12.1 Å². The molecule has 0 saturated carbocycles. The van der Waals surface area contributed by atoms with E-state index in [2.05, 4.69) is 19.2 Å². The maximum Gasteiger partial charge on any atom is 0.241 e.